The SMILES string of the molecule is CN(C)CCCNC(=O)c1ccc(-c2ccc(-c3ccc(C(=O)NCCCN(C)C)cc3)o2)cc1. The summed E-state index contributed by atoms with van der Waals surface area (Å²) < 4.78 is 6.05. The van der Waals surface area contributed by atoms with Crippen LogP contribution < -0.4 is 10.6 Å². The maximum Gasteiger partial charge on any atom is 0.251 e. The van der Waals surface area contributed by atoms with Crippen molar-refractivity contribution in [1.29, 1.82) is 0 Å². The van der Waals surface area contributed by atoms with Crippen molar-refractivity contribution in [3.8, 4) is 22.6 Å². The van der Waals surface area contributed by atoms with Gasteiger partial charge in [-0.15, -0.1) is 0 Å². The molecule has 0 unspecified atom stereocenters. The Kier molecular flexibility index (Phi) is 9.64. The van der Waals surface area contributed by atoms with E-state index in [0.29, 0.717) is 24.2 Å². The van der Waals surface area contributed by atoms with Crippen molar-refractivity contribution in [2.24, 2.45) is 0 Å². The summed E-state index contributed by atoms with van der Waals surface area (Å²) in [6.45, 7) is 3.18. The second kappa shape index (κ2) is 12.9. The van der Waals surface area contributed by atoms with Crippen LogP contribution in [0.15, 0.2) is 65.1 Å². The first-order chi connectivity index (χ1) is 16.8. The summed E-state index contributed by atoms with van der Waals surface area (Å²) in [7, 11) is 8.07. The van der Waals surface area contributed by atoms with Gasteiger partial charge in [-0.1, -0.05) is 24.3 Å². The number of amides is 2. The van der Waals surface area contributed by atoms with Crippen LogP contribution in [-0.4, -0.2) is 76.0 Å². The molecule has 0 fully saturated rings. The van der Waals surface area contributed by atoms with Crippen molar-refractivity contribution in [3.63, 3.8) is 0 Å². The molecule has 0 bridgehead atoms. The number of carbonyl (C=O) groups is 2. The number of hydrogen-bond acceptors (Lipinski definition) is 5. The summed E-state index contributed by atoms with van der Waals surface area (Å²) in [4.78, 5) is 28.8. The highest BCUT2D eigenvalue weighted by molar-refractivity contribution is 5.95. The molecule has 7 nitrogen and oxygen atoms in total. The van der Waals surface area contributed by atoms with Crippen molar-refractivity contribution < 1.29 is 14.0 Å². The summed E-state index contributed by atoms with van der Waals surface area (Å²) in [5.41, 5.74) is 3.05. The Balaban J connectivity index is 1.56. The minimum absolute atomic E-state index is 0.0720. The molecule has 1 aromatic heterocycles. The summed E-state index contributed by atoms with van der Waals surface area (Å²) in [5, 5.41) is 5.90. The zero-order valence-corrected chi connectivity index (χ0v) is 21.1. The monoisotopic (exact) mass is 476 g/mol. The summed E-state index contributed by atoms with van der Waals surface area (Å²) in [6.07, 6.45) is 1.82. The predicted molar refractivity (Wildman–Crippen MR) is 141 cm³/mol. The Morgan fingerprint density at radius 2 is 1.00 bits per heavy atom. The molecule has 2 amide bonds. The molecule has 2 N–H and O–H groups in total. The molecule has 0 saturated heterocycles. The highest BCUT2D eigenvalue weighted by Gasteiger charge is 2.11. The smallest absolute Gasteiger partial charge is 0.251 e. The van der Waals surface area contributed by atoms with Crippen LogP contribution in [0.25, 0.3) is 22.6 Å². The molecule has 1 heterocycles. The van der Waals surface area contributed by atoms with Gasteiger partial charge < -0.3 is 24.9 Å². The Bertz CT molecular complexity index is 1000. The van der Waals surface area contributed by atoms with Crippen molar-refractivity contribution in [1.82, 2.24) is 20.4 Å². The minimum atomic E-state index is -0.0720. The largest absolute Gasteiger partial charge is 0.456 e. The van der Waals surface area contributed by atoms with Gasteiger partial charge in [-0.3, -0.25) is 9.59 Å². The molecular weight excluding hydrogens is 440 g/mol. The van der Waals surface area contributed by atoms with Crippen LogP contribution in [0.2, 0.25) is 0 Å². The molecule has 0 spiro atoms. The average Bonchev–Trinajstić information content (AvgIpc) is 3.34. The fourth-order valence-corrected chi connectivity index (χ4v) is 3.62. The predicted octanol–water partition coefficient (Wildman–Crippen LogP) is 3.98. The van der Waals surface area contributed by atoms with E-state index < -0.39 is 0 Å². The third kappa shape index (κ3) is 8.09. The van der Waals surface area contributed by atoms with Gasteiger partial charge in [-0.25, -0.2) is 0 Å². The fraction of sp³-hybridized carbons (Fsp3) is 0.357. The maximum absolute atomic E-state index is 12.3. The molecule has 35 heavy (non-hydrogen) atoms. The van der Waals surface area contributed by atoms with Gasteiger partial charge in [-0.05, 0) is 90.5 Å². The normalized spacial score (nSPS) is 11.1. The zero-order valence-electron chi connectivity index (χ0n) is 21.1. The van der Waals surface area contributed by atoms with E-state index in [0.717, 1.165) is 48.6 Å². The van der Waals surface area contributed by atoms with Gasteiger partial charge in [0, 0.05) is 35.3 Å². The molecule has 3 rings (SSSR count). The highest BCUT2D eigenvalue weighted by Crippen LogP contribution is 2.29. The lowest BCUT2D eigenvalue weighted by Crippen LogP contribution is -2.27. The number of nitrogens with zero attached hydrogens (tertiary/aromatic N) is 2. The molecular formula is C28H36N4O3. The Morgan fingerprint density at radius 3 is 1.34 bits per heavy atom. The van der Waals surface area contributed by atoms with Gasteiger partial charge >= 0.3 is 0 Å². The molecule has 186 valence electrons. The molecule has 0 aliphatic rings. The fourth-order valence-electron chi connectivity index (χ4n) is 3.62. The van der Waals surface area contributed by atoms with Crippen LogP contribution >= 0.6 is 0 Å². The van der Waals surface area contributed by atoms with E-state index in [1.165, 1.54) is 0 Å². The van der Waals surface area contributed by atoms with Gasteiger partial charge in [0.1, 0.15) is 11.5 Å². The number of carbonyl (C=O) groups excluding carboxylic acids is 2. The van der Waals surface area contributed by atoms with Crippen LogP contribution in [0, 0.1) is 0 Å². The van der Waals surface area contributed by atoms with Crippen molar-refractivity contribution in [2.45, 2.75) is 12.8 Å². The van der Waals surface area contributed by atoms with E-state index in [9.17, 15) is 9.59 Å². The van der Waals surface area contributed by atoms with E-state index in [2.05, 4.69) is 20.4 Å². The first-order valence-electron chi connectivity index (χ1n) is 12.0. The topological polar surface area (TPSA) is 77.8 Å². The number of benzene rings is 2. The number of rotatable bonds is 12. The Hall–Kier alpha value is -3.42. The first-order valence-corrected chi connectivity index (χ1v) is 12.0. The molecule has 0 atom stereocenters. The van der Waals surface area contributed by atoms with E-state index in [1.807, 2.05) is 88.9 Å². The number of hydrogen-bond donors (Lipinski definition) is 2. The van der Waals surface area contributed by atoms with Crippen molar-refractivity contribution >= 4 is 11.8 Å². The average molecular weight is 477 g/mol. The van der Waals surface area contributed by atoms with Crippen molar-refractivity contribution in [3.05, 3.63) is 71.8 Å². The van der Waals surface area contributed by atoms with Gasteiger partial charge in [0.05, 0.1) is 0 Å². The van der Waals surface area contributed by atoms with E-state index in [1.54, 1.807) is 0 Å². The molecule has 7 heteroatoms. The van der Waals surface area contributed by atoms with Gasteiger partial charge in [-0.2, -0.15) is 0 Å². The van der Waals surface area contributed by atoms with Gasteiger partial charge in [0.15, 0.2) is 0 Å². The van der Waals surface area contributed by atoms with E-state index >= 15 is 0 Å². The molecule has 0 radical (unpaired) electrons. The highest BCUT2D eigenvalue weighted by atomic mass is 16.3. The van der Waals surface area contributed by atoms with Crippen LogP contribution in [0.4, 0.5) is 0 Å². The summed E-state index contributed by atoms with van der Waals surface area (Å²) in [6, 6.07) is 18.6. The second-order valence-electron chi connectivity index (χ2n) is 9.14. The number of furan rings is 1. The van der Waals surface area contributed by atoms with Crippen LogP contribution in [-0.2, 0) is 0 Å². The van der Waals surface area contributed by atoms with Gasteiger partial charge in [0.25, 0.3) is 11.8 Å². The first kappa shape index (κ1) is 26.2. The zero-order chi connectivity index (χ0) is 25.2. The lowest BCUT2D eigenvalue weighted by molar-refractivity contribution is 0.0944. The summed E-state index contributed by atoms with van der Waals surface area (Å²) >= 11 is 0. The Labute approximate surface area is 208 Å². The molecule has 3 aromatic rings. The van der Waals surface area contributed by atoms with E-state index in [4.69, 9.17) is 4.42 Å². The maximum atomic E-state index is 12.3. The van der Waals surface area contributed by atoms with Crippen molar-refractivity contribution in [2.75, 3.05) is 54.4 Å². The minimum Gasteiger partial charge on any atom is -0.456 e. The lowest BCUT2D eigenvalue weighted by Gasteiger charge is -2.10. The lowest BCUT2D eigenvalue weighted by atomic mass is 10.1. The molecule has 0 aliphatic heterocycles. The number of nitrogens with one attached hydrogen (secondary N) is 2. The molecule has 0 aliphatic carbocycles. The second-order valence-corrected chi connectivity index (χ2v) is 9.14. The third-order valence-electron chi connectivity index (χ3n) is 5.60. The van der Waals surface area contributed by atoms with Crippen LogP contribution in [0.1, 0.15) is 33.6 Å². The summed E-state index contributed by atoms with van der Waals surface area (Å²) in [5.74, 6) is 1.30. The third-order valence-corrected chi connectivity index (χ3v) is 5.60. The molecule has 0 saturated carbocycles. The molecule has 2 aromatic carbocycles. The quantitative estimate of drug-likeness (QED) is 0.387. The Morgan fingerprint density at radius 1 is 0.629 bits per heavy atom. The van der Waals surface area contributed by atoms with E-state index in [-0.39, 0.29) is 11.8 Å². The van der Waals surface area contributed by atoms with Gasteiger partial charge in [0.2, 0.25) is 0 Å². The van der Waals surface area contributed by atoms with Crippen LogP contribution in [0.3, 0.4) is 0 Å². The standard InChI is InChI=1S/C28H36N4O3/c1-31(2)19-5-17-29-27(33)23-11-7-21(8-12-23)25-15-16-26(35-25)22-9-13-24(14-10-22)28(34)30-18-6-20-32(3)4/h7-16H,5-6,17-20H2,1-4H3,(H,29,33)(H,30,34). The van der Waals surface area contributed by atoms with Crippen LogP contribution in [0.5, 0.6) is 0 Å².